The van der Waals surface area contributed by atoms with Crippen LogP contribution in [0, 0.1) is 5.41 Å². The lowest BCUT2D eigenvalue weighted by Crippen LogP contribution is -2.49. The van der Waals surface area contributed by atoms with Crippen LogP contribution >= 0.6 is 0 Å². The largest absolute Gasteiger partial charge is 0.368 e. The smallest absolute Gasteiger partial charge is 0.202 e. The Bertz CT molecular complexity index is 1270. The number of anilines is 1. The molecule has 1 aromatic carbocycles. The summed E-state index contributed by atoms with van der Waals surface area (Å²) in [5.74, 6) is 1.33. The van der Waals surface area contributed by atoms with Crippen LogP contribution < -0.4 is 11.1 Å². The molecule has 9 heteroatoms. The number of rotatable bonds is 2. The third kappa shape index (κ3) is 2.80. The fourth-order valence-electron chi connectivity index (χ4n) is 6.32. The second kappa shape index (κ2) is 7.10. The molecule has 2 aromatic heterocycles. The standard InChI is InChI=1S/C25H28N8O/c26-19-16-4-2-1-3-15(16)13-24(19)7-11-33(12-8-24)23-29-21-18(22(34)30-23)20(31-32-21)25(5-6-25)17-14-27-9-10-28-17/h1-4,9-10,14,19,22,34H,5-8,11-13,26H2,(H2,29,30,31,32)/t19-,22?/m1/s1. The quantitative estimate of drug-likeness (QED) is 0.466. The lowest BCUT2D eigenvalue weighted by molar-refractivity contribution is 0.124. The number of aliphatic imine (C=N–C) groups is 1. The molecule has 7 rings (SSSR count). The number of benzene rings is 1. The van der Waals surface area contributed by atoms with Crippen LogP contribution in [0.25, 0.3) is 0 Å². The fourth-order valence-corrected chi connectivity index (χ4v) is 6.32. The zero-order chi connectivity index (χ0) is 22.9. The number of nitrogens with one attached hydrogen (secondary N) is 2. The summed E-state index contributed by atoms with van der Waals surface area (Å²) < 4.78 is 0. The molecule has 1 spiro atoms. The highest BCUT2D eigenvalue weighted by atomic mass is 16.3. The maximum absolute atomic E-state index is 11.1. The molecule has 174 valence electrons. The number of aromatic amines is 1. The first-order valence-corrected chi connectivity index (χ1v) is 12.1. The summed E-state index contributed by atoms with van der Waals surface area (Å²) in [6.07, 6.45) is 9.13. The Morgan fingerprint density at radius 1 is 1.09 bits per heavy atom. The second-order valence-corrected chi connectivity index (χ2v) is 10.2. The number of nitrogens with two attached hydrogens (primary N) is 1. The van der Waals surface area contributed by atoms with Crippen molar-refractivity contribution in [2.45, 2.75) is 49.8 Å². The fraction of sp³-hybridized carbons (Fsp3) is 0.440. The van der Waals surface area contributed by atoms with E-state index in [1.54, 1.807) is 18.6 Å². The van der Waals surface area contributed by atoms with Crippen LogP contribution in [0.5, 0.6) is 0 Å². The number of aliphatic hydroxyl groups excluding tert-OH is 1. The van der Waals surface area contributed by atoms with Crippen molar-refractivity contribution in [1.82, 2.24) is 25.1 Å². The van der Waals surface area contributed by atoms with Crippen LogP contribution in [0.4, 0.5) is 5.82 Å². The number of hydrogen-bond donors (Lipinski definition) is 4. The molecule has 1 unspecified atom stereocenters. The van der Waals surface area contributed by atoms with Gasteiger partial charge in [-0.25, -0.2) is 4.99 Å². The Balaban J connectivity index is 1.11. The second-order valence-electron chi connectivity index (χ2n) is 10.2. The summed E-state index contributed by atoms with van der Waals surface area (Å²) in [4.78, 5) is 15.6. The maximum Gasteiger partial charge on any atom is 0.202 e. The van der Waals surface area contributed by atoms with E-state index in [-0.39, 0.29) is 16.9 Å². The SMILES string of the molecule is N[C@@H]1c2ccccc2CC12CCN(C1=NC(O)c3c(n[nH]c3C3(c4cnccn4)CC3)N1)CC2. The molecule has 0 radical (unpaired) electrons. The lowest BCUT2D eigenvalue weighted by Gasteiger charge is -2.43. The molecule has 2 atom stereocenters. The number of nitrogens with zero attached hydrogens (tertiary/aromatic N) is 5. The number of piperidine rings is 1. The zero-order valence-electron chi connectivity index (χ0n) is 18.9. The minimum atomic E-state index is -0.969. The van der Waals surface area contributed by atoms with E-state index >= 15 is 0 Å². The highest BCUT2D eigenvalue weighted by molar-refractivity contribution is 5.95. The predicted octanol–water partition coefficient (Wildman–Crippen LogP) is 2.39. The van der Waals surface area contributed by atoms with Gasteiger partial charge in [0.15, 0.2) is 12.0 Å². The summed E-state index contributed by atoms with van der Waals surface area (Å²) in [6.45, 7) is 1.69. The van der Waals surface area contributed by atoms with Gasteiger partial charge in [-0.2, -0.15) is 5.10 Å². The third-order valence-electron chi connectivity index (χ3n) is 8.47. The molecule has 5 N–H and O–H groups in total. The van der Waals surface area contributed by atoms with Gasteiger partial charge < -0.3 is 21.1 Å². The average Bonchev–Trinajstić information content (AvgIpc) is 3.49. The van der Waals surface area contributed by atoms with E-state index in [0.717, 1.165) is 56.6 Å². The summed E-state index contributed by atoms with van der Waals surface area (Å²) in [5, 5.41) is 22.1. The van der Waals surface area contributed by atoms with E-state index in [2.05, 4.69) is 59.6 Å². The summed E-state index contributed by atoms with van der Waals surface area (Å²) >= 11 is 0. The molecule has 2 aliphatic heterocycles. The molecule has 1 saturated heterocycles. The van der Waals surface area contributed by atoms with Gasteiger partial charge in [0.25, 0.3) is 0 Å². The topological polar surface area (TPSA) is 128 Å². The van der Waals surface area contributed by atoms with Gasteiger partial charge >= 0.3 is 0 Å². The Morgan fingerprint density at radius 3 is 2.65 bits per heavy atom. The van der Waals surface area contributed by atoms with Crippen molar-refractivity contribution >= 4 is 11.8 Å². The first kappa shape index (κ1) is 20.1. The van der Waals surface area contributed by atoms with E-state index in [1.165, 1.54) is 11.1 Å². The highest BCUT2D eigenvalue weighted by Gasteiger charge is 2.52. The Labute approximate surface area is 197 Å². The molecule has 9 nitrogen and oxygen atoms in total. The third-order valence-corrected chi connectivity index (χ3v) is 8.47. The lowest BCUT2D eigenvalue weighted by atomic mass is 9.73. The van der Waals surface area contributed by atoms with Crippen molar-refractivity contribution in [2.75, 3.05) is 18.4 Å². The number of hydrogen-bond acceptors (Lipinski definition) is 8. The van der Waals surface area contributed by atoms with Crippen LogP contribution in [0.3, 0.4) is 0 Å². The summed E-state index contributed by atoms with van der Waals surface area (Å²) in [7, 11) is 0. The van der Waals surface area contributed by atoms with E-state index in [4.69, 9.17) is 5.73 Å². The van der Waals surface area contributed by atoms with E-state index in [0.29, 0.717) is 17.3 Å². The van der Waals surface area contributed by atoms with Gasteiger partial charge in [0.2, 0.25) is 5.96 Å². The molecule has 34 heavy (non-hydrogen) atoms. The predicted molar refractivity (Wildman–Crippen MR) is 127 cm³/mol. The van der Waals surface area contributed by atoms with Gasteiger partial charge in [0.05, 0.1) is 22.4 Å². The molecule has 3 aromatic rings. The molecular formula is C25H28N8O. The number of aromatic nitrogens is 4. The minimum absolute atomic E-state index is 0.0778. The van der Waals surface area contributed by atoms with Crippen LogP contribution in [0.2, 0.25) is 0 Å². The van der Waals surface area contributed by atoms with Gasteiger partial charge in [-0.05, 0) is 48.6 Å². The molecule has 1 saturated carbocycles. The number of H-pyrrole nitrogens is 1. The van der Waals surface area contributed by atoms with Crippen molar-refractivity contribution in [3.63, 3.8) is 0 Å². The van der Waals surface area contributed by atoms with Crippen LogP contribution in [-0.4, -0.2) is 49.2 Å². The molecule has 2 aliphatic carbocycles. The number of likely N-dealkylation sites (tertiary alicyclic amines) is 1. The van der Waals surface area contributed by atoms with Crippen molar-refractivity contribution in [2.24, 2.45) is 16.1 Å². The van der Waals surface area contributed by atoms with Crippen LogP contribution in [-0.2, 0) is 11.8 Å². The Hall–Kier alpha value is -3.30. The van der Waals surface area contributed by atoms with Crippen LogP contribution in [0.15, 0.2) is 47.8 Å². The first-order valence-electron chi connectivity index (χ1n) is 12.1. The Morgan fingerprint density at radius 2 is 1.91 bits per heavy atom. The molecular weight excluding hydrogens is 428 g/mol. The van der Waals surface area contributed by atoms with Crippen molar-refractivity contribution < 1.29 is 5.11 Å². The van der Waals surface area contributed by atoms with Crippen molar-refractivity contribution in [3.05, 3.63) is 70.9 Å². The Kier molecular flexibility index (Phi) is 4.20. The summed E-state index contributed by atoms with van der Waals surface area (Å²) in [6, 6.07) is 8.65. The molecule has 0 amide bonds. The maximum atomic E-state index is 11.1. The van der Waals surface area contributed by atoms with Gasteiger partial charge in [-0.15, -0.1) is 0 Å². The number of guanidine groups is 1. The molecule has 4 heterocycles. The summed E-state index contributed by atoms with van der Waals surface area (Å²) in [5.41, 5.74) is 11.8. The van der Waals surface area contributed by atoms with Gasteiger partial charge in [-0.1, -0.05) is 24.3 Å². The molecule has 4 aliphatic rings. The number of fused-ring (bicyclic) bond motifs is 2. The van der Waals surface area contributed by atoms with E-state index in [1.807, 2.05) is 0 Å². The van der Waals surface area contributed by atoms with Gasteiger partial charge in [0.1, 0.15) is 0 Å². The highest BCUT2D eigenvalue weighted by Crippen LogP contribution is 2.55. The van der Waals surface area contributed by atoms with Gasteiger partial charge in [0, 0.05) is 37.7 Å². The monoisotopic (exact) mass is 456 g/mol. The minimum Gasteiger partial charge on any atom is -0.368 e. The van der Waals surface area contributed by atoms with E-state index in [9.17, 15) is 5.11 Å². The molecule has 2 fully saturated rings. The number of aliphatic hydroxyl groups is 1. The normalized spacial score (nSPS) is 25.9. The van der Waals surface area contributed by atoms with Gasteiger partial charge in [-0.3, -0.25) is 15.1 Å². The van der Waals surface area contributed by atoms with Crippen molar-refractivity contribution in [1.29, 1.82) is 0 Å². The van der Waals surface area contributed by atoms with Crippen LogP contribution in [0.1, 0.15) is 66.0 Å². The first-order chi connectivity index (χ1) is 16.6. The average molecular weight is 457 g/mol. The molecule has 0 bridgehead atoms. The van der Waals surface area contributed by atoms with E-state index < -0.39 is 6.23 Å². The van der Waals surface area contributed by atoms with Crippen molar-refractivity contribution in [3.8, 4) is 0 Å². The zero-order valence-corrected chi connectivity index (χ0v) is 18.9.